The van der Waals surface area contributed by atoms with Crippen molar-refractivity contribution < 1.29 is 14.3 Å². The van der Waals surface area contributed by atoms with Gasteiger partial charge in [-0.25, -0.2) is 9.97 Å². The van der Waals surface area contributed by atoms with Gasteiger partial charge < -0.3 is 19.7 Å². The molecule has 1 atom stereocenters. The Morgan fingerprint density at radius 2 is 1.97 bits per heavy atom. The summed E-state index contributed by atoms with van der Waals surface area (Å²) < 4.78 is 10.8. The second-order valence-electron chi connectivity index (χ2n) is 8.06. The van der Waals surface area contributed by atoms with Gasteiger partial charge in [0.15, 0.2) is 17.1 Å². The normalized spacial score (nSPS) is 16.3. The number of hydrogen-bond acceptors (Lipinski definition) is 6. The highest BCUT2D eigenvalue weighted by Crippen LogP contribution is 2.34. The predicted molar refractivity (Wildman–Crippen MR) is 121 cm³/mol. The van der Waals surface area contributed by atoms with Gasteiger partial charge in [-0.3, -0.25) is 4.79 Å². The Balaban J connectivity index is 1.79. The molecule has 0 aliphatic carbocycles. The molecule has 1 aromatic carbocycles. The lowest BCUT2D eigenvalue weighted by atomic mass is 9.99. The maximum atomic E-state index is 13.5. The smallest absolute Gasteiger partial charge is 0.257 e. The second kappa shape index (κ2) is 8.79. The number of benzene rings is 1. The van der Waals surface area contributed by atoms with E-state index >= 15 is 0 Å². The summed E-state index contributed by atoms with van der Waals surface area (Å²) in [5.41, 5.74) is 3.51. The van der Waals surface area contributed by atoms with Crippen LogP contribution in [0.25, 0.3) is 11.0 Å². The lowest BCUT2D eigenvalue weighted by molar-refractivity contribution is 0.0684. The molecule has 1 aliphatic rings. The average molecular weight is 421 g/mol. The third kappa shape index (κ3) is 4.26. The molecular formula is C24H28N4O3. The summed E-state index contributed by atoms with van der Waals surface area (Å²) in [5, 5.41) is 4.23. The number of amides is 1. The molecule has 3 aromatic rings. The first kappa shape index (κ1) is 20.9. The van der Waals surface area contributed by atoms with E-state index in [0.717, 1.165) is 42.7 Å². The number of nitrogens with zero attached hydrogens (tertiary/aromatic N) is 3. The Morgan fingerprint density at radius 1 is 1.16 bits per heavy atom. The van der Waals surface area contributed by atoms with Crippen LogP contribution in [-0.2, 0) is 0 Å². The Bertz CT molecular complexity index is 1120. The first-order chi connectivity index (χ1) is 15.0. The van der Waals surface area contributed by atoms with Gasteiger partial charge in [0, 0.05) is 42.1 Å². The molecule has 1 saturated heterocycles. The fourth-order valence-corrected chi connectivity index (χ4v) is 4.07. The molecule has 0 saturated carbocycles. The number of aryl methyl sites for hydroxylation is 1. The van der Waals surface area contributed by atoms with Crippen LogP contribution in [0.1, 0.15) is 35.8 Å². The van der Waals surface area contributed by atoms with Crippen LogP contribution in [0, 0.1) is 12.8 Å². The largest absolute Gasteiger partial charge is 0.493 e. The van der Waals surface area contributed by atoms with E-state index in [1.165, 1.54) is 0 Å². The molecule has 1 fully saturated rings. The van der Waals surface area contributed by atoms with Crippen molar-refractivity contribution in [1.82, 2.24) is 14.9 Å². The number of carbonyl (C=O) groups excluding carboxylic acids is 1. The van der Waals surface area contributed by atoms with Gasteiger partial charge in [0.05, 0.1) is 25.5 Å². The Labute approximate surface area is 182 Å². The first-order valence-corrected chi connectivity index (χ1v) is 10.5. The molecule has 1 N–H and O–H groups in total. The van der Waals surface area contributed by atoms with E-state index in [1.54, 1.807) is 20.4 Å². The van der Waals surface area contributed by atoms with Crippen molar-refractivity contribution in [3.05, 3.63) is 47.8 Å². The Hall–Kier alpha value is -3.35. The minimum atomic E-state index is -0.00972. The van der Waals surface area contributed by atoms with Crippen LogP contribution in [0.5, 0.6) is 11.5 Å². The van der Waals surface area contributed by atoms with Crippen LogP contribution in [0.15, 0.2) is 36.5 Å². The summed E-state index contributed by atoms with van der Waals surface area (Å²) in [5.74, 6) is 1.74. The fraction of sp³-hybridized carbons (Fsp3) is 0.375. The molecule has 7 heteroatoms. The van der Waals surface area contributed by atoms with Gasteiger partial charge in [-0.05, 0) is 49.9 Å². The highest BCUT2D eigenvalue weighted by Gasteiger charge is 2.25. The van der Waals surface area contributed by atoms with Crippen molar-refractivity contribution in [2.24, 2.45) is 5.92 Å². The van der Waals surface area contributed by atoms with Crippen LogP contribution in [-0.4, -0.2) is 48.1 Å². The number of piperidine rings is 1. The first-order valence-electron chi connectivity index (χ1n) is 10.5. The van der Waals surface area contributed by atoms with E-state index in [1.807, 2.05) is 42.2 Å². The van der Waals surface area contributed by atoms with Crippen molar-refractivity contribution in [3.8, 4) is 11.5 Å². The summed E-state index contributed by atoms with van der Waals surface area (Å²) in [6, 6.07) is 9.47. The number of hydrogen-bond donors (Lipinski definition) is 1. The monoisotopic (exact) mass is 420 g/mol. The van der Waals surface area contributed by atoms with Crippen LogP contribution in [0.2, 0.25) is 0 Å². The number of nitrogens with one attached hydrogen (secondary N) is 1. The van der Waals surface area contributed by atoms with Gasteiger partial charge in [-0.15, -0.1) is 0 Å². The molecule has 4 rings (SSSR count). The standard InChI is InChI=1S/C24H28N4O3/c1-15-6-5-11-28(14-15)24(29)19-13-25-23-18(9-7-16(2)26-23)22(19)27-17-8-10-20(30-3)21(12-17)31-4/h7-10,12-13,15H,5-6,11,14H2,1-4H3,(H,25,26,27)/t15-/m0/s1. The van der Waals surface area contributed by atoms with Gasteiger partial charge in [0.2, 0.25) is 0 Å². The average Bonchev–Trinajstić information content (AvgIpc) is 2.78. The van der Waals surface area contributed by atoms with Crippen LogP contribution in [0.3, 0.4) is 0 Å². The molecule has 1 amide bonds. The number of rotatable bonds is 5. The quantitative estimate of drug-likeness (QED) is 0.652. The second-order valence-corrected chi connectivity index (χ2v) is 8.06. The third-order valence-corrected chi connectivity index (χ3v) is 5.70. The number of carbonyl (C=O) groups is 1. The zero-order valence-electron chi connectivity index (χ0n) is 18.4. The molecule has 0 unspecified atom stereocenters. The molecule has 31 heavy (non-hydrogen) atoms. The lowest BCUT2D eigenvalue weighted by Gasteiger charge is -2.31. The van der Waals surface area contributed by atoms with Gasteiger partial charge in [0.1, 0.15) is 0 Å². The third-order valence-electron chi connectivity index (χ3n) is 5.70. The summed E-state index contributed by atoms with van der Waals surface area (Å²) in [7, 11) is 3.20. The minimum Gasteiger partial charge on any atom is -0.493 e. The minimum absolute atomic E-state index is 0.00972. The van der Waals surface area contributed by atoms with E-state index in [2.05, 4.69) is 22.2 Å². The van der Waals surface area contributed by atoms with Crippen molar-refractivity contribution in [2.45, 2.75) is 26.7 Å². The fourth-order valence-electron chi connectivity index (χ4n) is 4.07. The van der Waals surface area contributed by atoms with Crippen LogP contribution in [0.4, 0.5) is 11.4 Å². The molecule has 162 valence electrons. The molecule has 1 aliphatic heterocycles. The highest BCUT2D eigenvalue weighted by molar-refractivity contribution is 6.07. The van der Waals surface area contributed by atoms with Crippen molar-refractivity contribution in [3.63, 3.8) is 0 Å². The maximum Gasteiger partial charge on any atom is 0.257 e. The summed E-state index contributed by atoms with van der Waals surface area (Å²) >= 11 is 0. The van der Waals surface area contributed by atoms with Gasteiger partial charge >= 0.3 is 0 Å². The Kier molecular flexibility index (Phi) is 5.93. The van der Waals surface area contributed by atoms with E-state index in [0.29, 0.717) is 34.3 Å². The van der Waals surface area contributed by atoms with Gasteiger partial charge in [-0.2, -0.15) is 0 Å². The molecule has 0 bridgehead atoms. The number of pyridine rings is 2. The maximum absolute atomic E-state index is 13.5. The van der Waals surface area contributed by atoms with Crippen LogP contribution < -0.4 is 14.8 Å². The van der Waals surface area contributed by atoms with Gasteiger partial charge in [-0.1, -0.05) is 6.92 Å². The van der Waals surface area contributed by atoms with E-state index < -0.39 is 0 Å². The van der Waals surface area contributed by atoms with E-state index in [9.17, 15) is 4.79 Å². The number of anilines is 2. The van der Waals surface area contributed by atoms with Crippen molar-refractivity contribution in [2.75, 3.05) is 32.6 Å². The number of aromatic nitrogens is 2. The highest BCUT2D eigenvalue weighted by atomic mass is 16.5. The van der Waals surface area contributed by atoms with Crippen molar-refractivity contribution >= 4 is 28.3 Å². The topological polar surface area (TPSA) is 76.6 Å². The van der Waals surface area contributed by atoms with Crippen molar-refractivity contribution in [1.29, 1.82) is 0 Å². The molecule has 3 heterocycles. The summed E-state index contributed by atoms with van der Waals surface area (Å²) in [6.45, 7) is 5.65. The molecule has 2 aromatic heterocycles. The predicted octanol–water partition coefficient (Wildman–Crippen LogP) is 4.57. The molecule has 7 nitrogen and oxygen atoms in total. The van der Waals surface area contributed by atoms with Crippen LogP contribution >= 0.6 is 0 Å². The number of fused-ring (bicyclic) bond motifs is 1. The zero-order chi connectivity index (χ0) is 22.0. The molecule has 0 spiro atoms. The lowest BCUT2D eigenvalue weighted by Crippen LogP contribution is -2.39. The number of ether oxygens (including phenoxy) is 2. The summed E-state index contributed by atoms with van der Waals surface area (Å²) in [4.78, 5) is 24.4. The molecular weight excluding hydrogens is 392 g/mol. The van der Waals surface area contributed by atoms with E-state index in [4.69, 9.17) is 9.47 Å². The number of likely N-dealkylation sites (tertiary alicyclic amines) is 1. The van der Waals surface area contributed by atoms with E-state index in [-0.39, 0.29) is 5.91 Å². The SMILES string of the molecule is COc1ccc(Nc2c(C(=O)N3CCC[C@H](C)C3)cnc3nc(C)ccc23)cc1OC. The zero-order valence-corrected chi connectivity index (χ0v) is 18.4. The van der Waals surface area contributed by atoms with Gasteiger partial charge in [0.25, 0.3) is 5.91 Å². The molecule has 0 radical (unpaired) electrons. The number of methoxy groups -OCH3 is 2. The summed E-state index contributed by atoms with van der Waals surface area (Å²) in [6.07, 6.45) is 3.81. The Morgan fingerprint density at radius 3 is 2.71 bits per heavy atom.